The van der Waals surface area contributed by atoms with Crippen LogP contribution in [0.25, 0.3) is 0 Å². The molecular weight excluding hydrogens is 639 g/mol. The Morgan fingerprint density at radius 1 is 0.816 bits per heavy atom. The van der Waals surface area contributed by atoms with Crippen LogP contribution in [0.5, 0.6) is 0 Å². The molecular formula is C38H45N5O5S. The minimum absolute atomic E-state index is 0.0911. The molecule has 0 aromatic heterocycles. The van der Waals surface area contributed by atoms with E-state index in [2.05, 4.69) is 33.4 Å². The van der Waals surface area contributed by atoms with Crippen molar-refractivity contribution in [1.29, 1.82) is 0 Å². The first-order chi connectivity index (χ1) is 23.5. The molecule has 4 aromatic rings. The van der Waals surface area contributed by atoms with Crippen molar-refractivity contribution in [2.24, 2.45) is 0 Å². The molecule has 5 atom stereocenters. The van der Waals surface area contributed by atoms with E-state index in [4.69, 9.17) is 0 Å². The third-order valence-electron chi connectivity index (χ3n) is 8.97. The van der Waals surface area contributed by atoms with Gasteiger partial charge in [0.2, 0.25) is 10.0 Å². The largest absolute Gasteiger partial charge is 0.389 e. The zero-order valence-corrected chi connectivity index (χ0v) is 28.9. The Labute approximate surface area is 289 Å². The summed E-state index contributed by atoms with van der Waals surface area (Å²) in [5.41, 5.74) is 3.43. The van der Waals surface area contributed by atoms with Crippen LogP contribution in [0.3, 0.4) is 0 Å². The molecule has 0 spiro atoms. The number of benzene rings is 4. The van der Waals surface area contributed by atoms with Gasteiger partial charge in [0.15, 0.2) is 0 Å². The summed E-state index contributed by atoms with van der Waals surface area (Å²) in [4.78, 5) is 27.5. The maximum atomic E-state index is 14.0. The van der Waals surface area contributed by atoms with Crippen LogP contribution >= 0.6 is 0 Å². The van der Waals surface area contributed by atoms with Crippen LogP contribution in [0.1, 0.15) is 50.4 Å². The summed E-state index contributed by atoms with van der Waals surface area (Å²) in [6.45, 7) is 2.99. The van der Waals surface area contributed by atoms with E-state index in [1.54, 1.807) is 0 Å². The van der Waals surface area contributed by atoms with E-state index in [1.807, 2.05) is 85.8 Å². The van der Waals surface area contributed by atoms with Gasteiger partial charge in [-0.05, 0) is 54.7 Å². The van der Waals surface area contributed by atoms with E-state index in [1.165, 1.54) is 30.8 Å². The van der Waals surface area contributed by atoms with Crippen LogP contribution in [-0.4, -0.2) is 76.0 Å². The number of nitrogens with one attached hydrogen (secondary N) is 4. The molecule has 1 saturated heterocycles. The lowest BCUT2D eigenvalue weighted by Crippen LogP contribution is -2.63. The zero-order chi connectivity index (χ0) is 35.0. The first-order valence-electron chi connectivity index (χ1n) is 16.5. The molecule has 0 bridgehead atoms. The van der Waals surface area contributed by atoms with Gasteiger partial charge in [-0.3, -0.25) is 13.9 Å². The average Bonchev–Trinajstić information content (AvgIpc) is 3.11. The lowest BCUT2D eigenvalue weighted by molar-refractivity contribution is 0.0646. The minimum atomic E-state index is -3.71. The van der Waals surface area contributed by atoms with Crippen LogP contribution in [0, 0.1) is 0 Å². The molecule has 4 aromatic carbocycles. The summed E-state index contributed by atoms with van der Waals surface area (Å²) < 4.78 is 26.0. The molecule has 1 heterocycles. The molecule has 11 heteroatoms. The highest BCUT2D eigenvalue weighted by molar-refractivity contribution is 7.92. The Morgan fingerprint density at radius 3 is 1.92 bits per heavy atom. The maximum Gasteiger partial charge on any atom is 0.251 e. The van der Waals surface area contributed by atoms with Crippen molar-refractivity contribution in [2.75, 3.05) is 30.7 Å². The molecule has 0 aliphatic carbocycles. The summed E-state index contributed by atoms with van der Waals surface area (Å²) >= 11 is 0. The van der Waals surface area contributed by atoms with E-state index >= 15 is 0 Å². The number of piperazine rings is 1. The number of hydrogen-bond donors (Lipinski definition) is 5. The summed E-state index contributed by atoms with van der Waals surface area (Å²) in [5.74, 6) is -1.00. The van der Waals surface area contributed by atoms with Gasteiger partial charge in [-0.2, -0.15) is 0 Å². The van der Waals surface area contributed by atoms with Gasteiger partial charge in [0.1, 0.15) is 0 Å². The fourth-order valence-corrected chi connectivity index (χ4v) is 6.51. The molecule has 5 N–H and O–H groups in total. The van der Waals surface area contributed by atoms with Crippen LogP contribution < -0.4 is 25.6 Å². The number of nitrogens with zero attached hydrogens (tertiary/aromatic N) is 1. The third kappa shape index (κ3) is 9.76. The standard InChI is InChI=1S/C38H45N5O5S/c1-26(29-17-11-6-12-18-29)41-37(45)30-21-31(23-33(22-30)43(2)49(3,47)48)38(46)42-34(20-28-15-9-5-10-16-28)36(44)35-25-39-32(24-40-35)19-27-13-7-4-8-14-27/h4-18,21-23,26,32,34-36,39-40,44H,19-20,24-25H2,1-3H3,(H,41,45)(H,42,46)/t26-,32?,34+,35-,36+/m1/s1. The van der Waals surface area contributed by atoms with Gasteiger partial charge in [-0.1, -0.05) is 91.0 Å². The van der Waals surface area contributed by atoms with E-state index in [-0.39, 0.29) is 34.9 Å². The van der Waals surface area contributed by atoms with Gasteiger partial charge >= 0.3 is 0 Å². The Hall–Kier alpha value is -4.55. The number of aliphatic hydroxyl groups is 1. The van der Waals surface area contributed by atoms with E-state index in [0.717, 1.165) is 28.1 Å². The second-order valence-electron chi connectivity index (χ2n) is 12.7. The highest BCUT2D eigenvalue weighted by atomic mass is 32.2. The number of rotatable bonds is 13. The molecule has 5 rings (SSSR count). The van der Waals surface area contributed by atoms with Crippen molar-refractivity contribution in [3.8, 4) is 0 Å². The minimum Gasteiger partial charge on any atom is -0.389 e. The molecule has 49 heavy (non-hydrogen) atoms. The van der Waals surface area contributed by atoms with Crippen molar-refractivity contribution >= 4 is 27.5 Å². The lowest BCUT2D eigenvalue weighted by Gasteiger charge is -2.37. The van der Waals surface area contributed by atoms with Crippen molar-refractivity contribution in [1.82, 2.24) is 21.3 Å². The number of aliphatic hydroxyl groups excluding tert-OH is 1. The molecule has 0 saturated carbocycles. The summed E-state index contributed by atoms with van der Waals surface area (Å²) in [6.07, 6.45) is 1.29. The van der Waals surface area contributed by atoms with Gasteiger partial charge in [-0.15, -0.1) is 0 Å². The highest BCUT2D eigenvalue weighted by Crippen LogP contribution is 2.23. The normalized spacial score (nSPS) is 18.1. The van der Waals surface area contributed by atoms with Crippen molar-refractivity contribution in [3.63, 3.8) is 0 Å². The van der Waals surface area contributed by atoms with Crippen LogP contribution in [0.4, 0.5) is 5.69 Å². The molecule has 1 aliphatic heterocycles. The smallest absolute Gasteiger partial charge is 0.251 e. The Kier molecular flexibility index (Phi) is 11.8. The molecule has 10 nitrogen and oxygen atoms in total. The Morgan fingerprint density at radius 2 is 1.37 bits per heavy atom. The zero-order valence-electron chi connectivity index (χ0n) is 28.0. The number of hydrogen-bond acceptors (Lipinski definition) is 7. The molecule has 1 aliphatic rings. The van der Waals surface area contributed by atoms with Gasteiger partial charge in [0.05, 0.1) is 30.1 Å². The summed E-state index contributed by atoms with van der Waals surface area (Å²) in [5, 5.41) is 24.7. The topological polar surface area (TPSA) is 140 Å². The van der Waals surface area contributed by atoms with E-state index < -0.39 is 34.0 Å². The third-order valence-corrected chi connectivity index (χ3v) is 10.2. The molecule has 2 amide bonds. The van der Waals surface area contributed by atoms with E-state index in [0.29, 0.717) is 19.5 Å². The predicted molar refractivity (Wildman–Crippen MR) is 193 cm³/mol. The number of amides is 2. The first kappa shape index (κ1) is 35.7. The monoisotopic (exact) mass is 683 g/mol. The fourth-order valence-electron chi connectivity index (χ4n) is 6.03. The average molecular weight is 684 g/mol. The second kappa shape index (κ2) is 16.2. The van der Waals surface area contributed by atoms with Gasteiger partial charge in [-0.25, -0.2) is 8.42 Å². The SMILES string of the molecule is C[C@@H](NC(=O)c1cc(C(=O)N[C@@H](Cc2ccccc2)[C@H](O)[C@H]2CNC(Cc3ccccc3)CN2)cc(N(C)S(C)(=O)=O)c1)c1ccccc1. The summed E-state index contributed by atoms with van der Waals surface area (Å²) in [7, 11) is -2.34. The number of anilines is 1. The van der Waals surface area contributed by atoms with Crippen LogP contribution in [0.2, 0.25) is 0 Å². The van der Waals surface area contributed by atoms with Gasteiger partial charge < -0.3 is 26.4 Å². The maximum absolute atomic E-state index is 14.0. The highest BCUT2D eigenvalue weighted by Gasteiger charge is 2.33. The molecule has 1 unspecified atom stereocenters. The molecule has 0 radical (unpaired) electrons. The Balaban J connectivity index is 1.37. The van der Waals surface area contributed by atoms with Crippen LogP contribution in [0.15, 0.2) is 109 Å². The first-order valence-corrected chi connectivity index (χ1v) is 18.3. The molecule has 1 fully saturated rings. The quantitative estimate of drug-likeness (QED) is 0.146. The number of carbonyl (C=O) groups is 2. The van der Waals surface area contributed by atoms with Crippen molar-refractivity contribution in [2.45, 2.75) is 50.0 Å². The van der Waals surface area contributed by atoms with Crippen molar-refractivity contribution in [3.05, 3.63) is 137 Å². The molecule has 258 valence electrons. The summed E-state index contributed by atoms with van der Waals surface area (Å²) in [6, 6.07) is 32.4. The van der Waals surface area contributed by atoms with Crippen molar-refractivity contribution < 1.29 is 23.1 Å². The number of carbonyl (C=O) groups excluding carboxylic acids is 2. The van der Waals surface area contributed by atoms with Crippen LogP contribution in [-0.2, 0) is 22.9 Å². The van der Waals surface area contributed by atoms with Gasteiger partial charge in [0.25, 0.3) is 11.8 Å². The lowest BCUT2D eigenvalue weighted by atomic mass is 9.93. The van der Waals surface area contributed by atoms with E-state index in [9.17, 15) is 23.1 Å². The predicted octanol–water partition coefficient (Wildman–Crippen LogP) is 3.45. The Bertz CT molecular complexity index is 1800. The fraction of sp³-hybridized carbons (Fsp3) is 0.316. The second-order valence-corrected chi connectivity index (χ2v) is 14.7. The number of sulfonamides is 1. The van der Waals surface area contributed by atoms with Gasteiger partial charge in [0, 0.05) is 43.3 Å².